The normalized spacial score (nSPS) is 35.1. The summed E-state index contributed by atoms with van der Waals surface area (Å²) in [6.07, 6.45) is 6.38. The van der Waals surface area contributed by atoms with Gasteiger partial charge in [-0.3, -0.25) is 0 Å². The molecular weight excluding hydrogens is 274 g/mol. The molecule has 21 heavy (non-hydrogen) atoms. The lowest BCUT2D eigenvalue weighted by Gasteiger charge is -2.44. The van der Waals surface area contributed by atoms with Gasteiger partial charge >= 0.3 is 0 Å². The predicted molar refractivity (Wildman–Crippen MR) is 92.8 cm³/mol. The van der Waals surface area contributed by atoms with E-state index in [1.807, 2.05) is 11.8 Å². The first-order valence-corrected chi connectivity index (χ1v) is 9.49. The standard InChI is InChI=1S/C19H29NS/c1-13(14-6-8-16(21-5)9-7-14)20-17-18(2,3)15-10-11-19(17,4)12-15/h6-9,13,15,17,20H,10-12H2,1-5H3/t13?,15-,17?,19+/m0/s1. The largest absolute Gasteiger partial charge is 0.306 e. The summed E-state index contributed by atoms with van der Waals surface area (Å²) in [5.74, 6) is 0.908. The molecule has 0 aliphatic heterocycles. The molecule has 0 saturated heterocycles. The number of benzene rings is 1. The van der Waals surface area contributed by atoms with Crippen LogP contribution in [-0.2, 0) is 0 Å². The Morgan fingerprint density at radius 2 is 1.86 bits per heavy atom. The summed E-state index contributed by atoms with van der Waals surface area (Å²) in [7, 11) is 0. The van der Waals surface area contributed by atoms with Crippen LogP contribution in [0.4, 0.5) is 0 Å². The minimum Gasteiger partial charge on any atom is -0.306 e. The quantitative estimate of drug-likeness (QED) is 0.760. The Kier molecular flexibility index (Phi) is 3.90. The first kappa shape index (κ1) is 15.4. The molecule has 2 fully saturated rings. The second-order valence-electron chi connectivity index (χ2n) is 8.01. The summed E-state index contributed by atoms with van der Waals surface area (Å²) in [5, 5.41) is 3.99. The monoisotopic (exact) mass is 303 g/mol. The molecule has 1 aromatic carbocycles. The van der Waals surface area contributed by atoms with Crippen molar-refractivity contribution in [1.82, 2.24) is 5.32 Å². The van der Waals surface area contributed by atoms with Crippen molar-refractivity contribution in [3.63, 3.8) is 0 Å². The average Bonchev–Trinajstić information content (AvgIpc) is 2.94. The Hall–Kier alpha value is -0.470. The van der Waals surface area contributed by atoms with Crippen LogP contribution in [0, 0.1) is 16.7 Å². The molecule has 0 spiro atoms. The number of fused-ring (bicyclic) bond motifs is 2. The summed E-state index contributed by atoms with van der Waals surface area (Å²) in [5.41, 5.74) is 2.34. The van der Waals surface area contributed by atoms with Crippen molar-refractivity contribution >= 4 is 11.8 Å². The van der Waals surface area contributed by atoms with E-state index in [1.165, 1.54) is 29.7 Å². The number of nitrogens with one attached hydrogen (secondary N) is 1. The van der Waals surface area contributed by atoms with E-state index in [1.54, 1.807) is 0 Å². The van der Waals surface area contributed by atoms with E-state index < -0.39 is 0 Å². The van der Waals surface area contributed by atoms with Crippen molar-refractivity contribution in [2.45, 2.75) is 63.9 Å². The lowest BCUT2D eigenvalue weighted by atomic mass is 9.68. The molecule has 0 heterocycles. The molecule has 2 saturated carbocycles. The van der Waals surface area contributed by atoms with Gasteiger partial charge in [-0.2, -0.15) is 0 Å². The van der Waals surface area contributed by atoms with Gasteiger partial charge in [-0.05, 0) is 66.9 Å². The third-order valence-corrected chi connectivity index (χ3v) is 7.05. The van der Waals surface area contributed by atoms with E-state index in [0.717, 1.165) is 5.92 Å². The van der Waals surface area contributed by atoms with E-state index >= 15 is 0 Å². The summed E-state index contributed by atoms with van der Waals surface area (Å²) in [4.78, 5) is 1.35. The van der Waals surface area contributed by atoms with Gasteiger partial charge in [-0.25, -0.2) is 0 Å². The second-order valence-corrected chi connectivity index (χ2v) is 8.89. The molecule has 0 aromatic heterocycles. The van der Waals surface area contributed by atoms with E-state index in [2.05, 4.69) is 63.5 Å². The van der Waals surface area contributed by atoms with Crippen molar-refractivity contribution in [3.8, 4) is 0 Å². The highest BCUT2D eigenvalue weighted by Gasteiger charge is 2.59. The van der Waals surface area contributed by atoms with Gasteiger partial charge in [0.05, 0.1) is 0 Å². The summed E-state index contributed by atoms with van der Waals surface area (Å²) >= 11 is 1.81. The lowest BCUT2D eigenvalue weighted by molar-refractivity contribution is 0.100. The molecule has 3 rings (SSSR count). The van der Waals surface area contributed by atoms with Crippen LogP contribution in [-0.4, -0.2) is 12.3 Å². The van der Waals surface area contributed by atoms with Crippen LogP contribution in [0.5, 0.6) is 0 Å². The highest BCUT2D eigenvalue weighted by atomic mass is 32.2. The first-order chi connectivity index (χ1) is 9.87. The fourth-order valence-electron chi connectivity index (χ4n) is 4.96. The fraction of sp³-hybridized carbons (Fsp3) is 0.684. The molecule has 0 radical (unpaired) electrons. The van der Waals surface area contributed by atoms with Gasteiger partial charge in [-0.1, -0.05) is 32.9 Å². The summed E-state index contributed by atoms with van der Waals surface area (Å²) in [6, 6.07) is 10.1. The van der Waals surface area contributed by atoms with Gasteiger partial charge in [0.15, 0.2) is 0 Å². The van der Waals surface area contributed by atoms with Crippen LogP contribution < -0.4 is 5.32 Å². The Labute approximate surface area is 134 Å². The average molecular weight is 304 g/mol. The van der Waals surface area contributed by atoms with Crippen molar-refractivity contribution in [2.24, 2.45) is 16.7 Å². The van der Waals surface area contributed by atoms with Crippen LogP contribution in [0.1, 0.15) is 58.6 Å². The van der Waals surface area contributed by atoms with Crippen LogP contribution in [0.3, 0.4) is 0 Å². The van der Waals surface area contributed by atoms with Crippen molar-refractivity contribution in [2.75, 3.05) is 6.26 Å². The zero-order valence-electron chi connectivity index (χ0n) is 14.1. The highest BCUT2D eigenvalue weighted by Crippen LogP contribution is 2.62. The number of hydrogen-bond acceptors (Lipinski definition) is 2. The number of rotatable bonds is 4. The number of hydrogen-bond donors (Lipinski definition) is 1. The minimum atomic E-state index is 0.431. The molecule has 2 heteroatoms. The van der Waals surface area contributed by atoms with E-state index in [0.29, 0.717) is 22.9 Å². The third kappa shape index (κ3) is 2.55. The zero-order chi connectivity index (χ0) is 15.3. The van der Waals surface area contributed by atoms with Crippen LogP contribution >= 0.6 is 11.8 Å². The zero-order valence-corrected chi connectivity index (χ0v) is 14.9. The lowest BCUT2D eigenvalue weighted by Crippen LogP contribution is -2.50. The topological polar surface area (TPSA) is 12.0 Å². The second kappa shape index (κ2) is 5.31. The van der Waals surface area contributed by atoms with Crippen molar-refractivity contribution in [1.29, 1.82) is 0 Å². The Morgan fingerprint density at radius 3 is 2.38 bits per heavy atom. The maximum atomic E-state index is 3.99. The summed E-state index contributed by atoms with van der Waals surface area (Å²) < 4.78 is 0. The smallest absolute Gasteiger partial charge is 0.0294 e. The maximum Gasteiger partial charge on any atom is 0.0294 e. The number of thioether (sulfide) groups is 1. The van der Waals surface area contributed by atoms with Gasteiger partial charge in [0.1, 0.15) is 0 Å². The predicted octanol–water partition coefficient (Wildman–Crippen LogP) is 5.27. The van der Waals surface area contributed by atoms with E-state index in [4.69, 9.17) is 0 Å². The van der Waals surface area contributed by atoms with Crippen LogP contribution in [0.25, 0.3) is 0 Å². The molecule has 2 bridgehead atoms. The molecule has 1 nitrogen and oxygen atoms in total. The minimum absolute atomic E-state index is 0.431. The van der Waals surface area contributed by atoms with Gasteiger partial charge < -0.3 is 5.32 Å². The SMILES string of the molecule is CSc1ccc(C(C)NC2C(C)(C)[C@H]3CC[C@]2(C)C3)cc1. The molecule has 2 unspecified atom stereocenters. The molecule has 4 atom stereocenters. The fourth-order valence-corrected chi connectivity index (χ4v) is 5.37. The van der Waals surface area contributed by atoms with Crippen LogP contribution in [0.2, 0.25) is 0 Å². The van der Waals surface area contributed by atoms with Gasteiger partial charge in [-0.15, -0.1) is 11.8 Å². The molecule has 116 valence electrons. The van der Waals surface area contributed by atoms with Crippen molar-refractivity contribution < 1.29 is 0 Å². The highest BCUT2D eigenvalue weighted by molar-refractivity contribution is 7.98. The Morgan fingerprint density at radius 1 is 1.19 bits per heavy atom. The van der Waals surface area contributed by atoms with Gasteiger partial charge in [0.25, 0.3) is 0 Å². The molecular formula is C19H29NS. The molecule has 1 N–H and O–H groups in total. The van der Waals surface area contributed by atoms with E-state index in [-0.39, 0.29) is 0 Å². The van der Waals surface area contributed by atoms with Gasteiger partial charge in [0.2, 0.25) is 0 Å². The van der Waals surface area contributed by atoms with Crippen LogP contribution in [0.15, 0.2) is 29.2 Å². The van der Waals surface area contributed by atoms with Gasteiger partial charge in [0, 0.05) is 17.0 Å². The molecule has 1 aromatic rings. The van der Waals surface area contributed by atoms with Crippen molar-refractivity contribution in [3.05, 3.63) is 29.8 Å². The molecule has 0 amide bonds. The Bertz CT molecular complexity index is 502. The summed E-state index contributed by atoms with van der Waals surface area (Å²) in [6.45, 7) is 9.77. The maximum absolute atomic E-state index is 3.99. The molecule has 2 aliphatic rings. The third-order valence-electron chi connectivity index (χ3n) is 6.30. The molecule has 2 aliphatic carbocycles. The van der Waals surface area contributed by atoms with E-state index in [9.17, 15) is 0 Å². The first-order valence-electron chi connectivity index (χ1n) is 8.27. The Balaban J connectivity index is 1.76.